The van der Waals surface area contributed by atoms with E-state index in [1.54, 1.807) is 23.5 Å². The SMILES string of the molecule is O=C(NCc1ccccc1)c1ccc(-c2nc3ccccc3s2)o1. The molecular weight excluding hydrogens is 320 g/mol. The van der Waals surface area contributed by atoms with Gasteiger partial charge >= 0.3 is 0 Å². The number of thiazole rings is 1. The average Bonchev–Trinajstić information content (AvgIpc) is 3.27. The Labute approximate surface area is 142 Å². The number of para-hydroxylation sites is 1. The molecule has 0 spiro atoms. The number of carbonyl (C=O) groups is 1. The Kier molecular flexibility index (Phi) is 3.84. The van der Waals surface area contributed by atoms with Gasteiger partial charge < -0.3 is 9.73 Å². The van der Waals surface area contributed by atoms with Crippen LogP contribution >= 0.6 is 11.3 Å². The number of benzene rings is 2. The van der Waals surface area contributed by atoms with E-state index in [2.05, 4.69) is 10.3 Å². The number of nitrogens with zero attached hydrogens (tertiary/aromatic N) is 1. The quantitative estimate of drug-likeness (QED) is 0.598. The Morgan fingerprint density at radius 3 is 2.62 bits per heavy atom. The molecule has 0 aliphatic heterocycles. The first-order valence-electron chi connectivity index (χ1n) is 7.57. The number of amides is 1. The molecule has 1 amide bonds. The zero-order chi connectivity index (χ0) is 16.4. The maximum Gasteiger partial charge on any atom is 0.287 e. The van der Waals surface area contributed by atoms with Crippen LogP contribution in [-0.2, 0) is 6.54 Å². The number of hydrogen-bond acceptors (Lipinski definition) is 4. The summed E-state index contributed by atoms with van der Waals surface area (Å²) >= 11 is 1.55. The lowest BCUT2D eigenvalue weighted by Crippen LogP contribution is -2.22. The van der Waals surface area contributed by atoms with Crippen LogP contribution in [0, 0.1) is 0 Å². The molecule has 2 aromatic heterocycles. The fourth-order valence-corrected chi connectivity index (χ4v) is 3.35. The summed E-state index contributed by atoms with van der Waals surface area (Å²) in [4.78, 5) is 16.8. The Morgan fingerprint density at radius 2 is 1.79 bits per heavy atom. The molecular formula is C19H14N2O2S. The van der Waals surface area contributed by atoms with Crippen molar-refractivity contribution < 1.29 is 9.21 Å². The molecule has 0 bridgehead atoms. The standard InChI is InChI=1S/C19H14N2O2S/c22-18(20-12-13-6-2-1-3-7-13)15-10-11-16(23-15)19-21-14-8-4-5-9-17(14)24-19/h1-11H,12H2,(H,20,22). The number of hydrogen-bond donors (Lipinski definition) is 1. The third-order valence-electron chi connectivity index (χ3n) is 3.63. The van der Waals surface area contributed by atoms with Crippen molar-refractivity contribution >= 4 is 27.5 Å². The van der Waals surface area contributed by atoms with Gasteiger partial charge in [0.15, 0.2) is 16.5 Å². The van der Waals surface area contributed by atoms with Crippen molar-refractivity contribution in [1.29, 1.82) is 0 Å². The van der Waals surface area contributed by atoms with Crippen molar-refractivity contribution in [3.05, 3.63) is 78.1 Å². The van der Waals surface area contributed by atoms with E-state index in [0.29, 0.717) is 18.1 Å². The zero-order valence-electron chi connectivity index (χ0n) is 12.7. The maximum absolute atomic E-state index is 12.2. The second-order valence-corrected chi connectivity index (χ2v) is 6.35. The van der Waals surface area contributed by atoms with Crippen LogP contribution < -0.4 is 5.32 Å². The van der Waals surface area contributed by atoms with Gasteiger partial charge in [-0.05, 0) is 29.8 Å². The van der Waals surface area contributed by atoms with Gasteiger partial charge in [-0.3, -0.25) is 4.79 Å². The van der Waals surface area contributed by atoms with Crippen LogP contribution in [0.25, 0.3) is 21.0 Å². The fourth-order valence-electron chi connectivity index (χ4n) is 2.42. The average molecular weight is 334 g/mol. The van der Waals surface area contributed by atoms with Gasteiger partial charge in [-0.25, -0.2) is 4.98 Å². The van der Waals surface area contributed by atoms with Gasteiger partial charge in [-0.15, -0.1) is 11.3 Å². The smallest absolute Gasteiger partial charge is 0.287 e. The minimum absolute atomic E-state index is 0.230. The summed E-state index contributed by atoms with van der Waals surface area (Å²) in [6.45, 7) is 0.469. The molecule has 0 fully saturated rings. The zero-order valence-corrected chi connectivity index (χ0v) is 13.5. The summed E-state index contributed by atoms with van der Waals surface area (Å²) in [5, 5.41) is 3.63. The van der Waals surface area contributed by atoms with E-state index < -0.39 is 0 Å². The second kappa shape index (κ2) is 6.29. The van der Waals surface area contributed by atoms with E-state index >= 15 is 0 Å². The molecule has 0 saturated heterocycles. The summed E-state index contributed by atoms with van der Waals surface area (Å²) in [5.41, 5.74) is 1.98. The second-order valence-electron chi connectivity index (χ2n) is 5.32. The van der Waals surface area contributed by atoms with Crippen molar-refractivity contribution in [2.24, 2.45) is 0 Å². The number of rotatable bonds is 4. The van der Waals surface area contributed by atoms with E-state index in [-0.39, 0.29) is 5.91 Å². The van der Waals surface area contributed by atoms with Gasteiger partial charge in [0.25, 0.3) is 5.91 Å². The molecule has 118 valence electrons. The van der Waals surface area contributed by atoms with Gasteiger partial charge in [0.1, 0.15) is 0 Å². The third-order valence-corrected chi connectivity index (χ3v) is 4.68. The number of fused-ring (bicyclic) bond motifs is 1. The number of aromatic nitrogens is 1. The molecule has 2 heterocycles. The summed E-state index contributed by atoms with van der Waals surface area (Å²) in [6, 6.07) is 21.2. The first-order valence-corrected chi connectivity index (χ1v) is 8.39. The third kappa shape index (κ3) is 2.94. The van der Waals surface area contributed by atoms with Gasteiger partial charge in [0.2, 0.25) is 0 Å². The molecule has 0 aliphatic carbocycles. The molecule has 4 rings (SSSR count). The van der Waals surface area contributed by atoms with Crippen molar-refractivity contribution in [1.82, 2.24) is 10.3 Å². The minimum atomic E-state index is -0.230. The van der Waals surface area contributed by atoms with Crippen LogP contribution in [0.2, 0.25) is 0 Å². The van der Waals surface area contributed by atoms with Crippen LogP contribution in [0.15, 0.2) is 71.1 Å². The lowest BCUT2D eigenvalue weighted by Gasteiger charge is -2.02. The molecule has 4 nitrogen and oxygen atoms in total. The van der Waals surface area contributed by atoms with Crippen molar-refractivity contribution in [3.63, 3.8) is 0 Å². The highest BCUT2D eigenvalue weighted by Crippen LogP contribution is 2.31. The summed E-state index contributed by atoms with van der Waals surface area (Å²) in [7, 11) is 0. The molecule has 0 aliphatic rings. The van der Waals surface area contributed by atoms with Gasteiger partial charge in [0.05, 0.1) is 10.2 Å². The minimum Gasteiger partial charge on any atom is -0.448 e. The first kappa shape index (κ1) is 14.7. The number of furan rings is 1. The lowest BCUT2D eigenvalue weighted by atomic mass is 10.2. The molecule has 0 atom stereocenters. The Morgan fingerprint density at radius 1 is 1.00 bits per heavy atom. The molecule has 2 aromatic carbocycles. The monoisotopic (exact) mass is 334 g/mol. The van der Waals surface area contributed by atoms with Crippen molar-refractivity contribution in [2.75, 3.05) is 0 Å². The summed E-state index contributed by atoms with van der Waals surface area (Å²) in [5.74, 6) is 0.674. The molecule has 4 aromatic rings. The molecule has 5 heteroatoms. The Balaban J connectivity index is 1.50. The topological polar surface area (TPSA) is 55.1 Å². The largest absolute Gasteiger partial charge is 0.448 e. The number of carbonyl (C=O) groups excluding carboxylic acids is 1. The molecule has 0 radical (unpaired) electrons. The van der Waals surface area contributed by atoms with Gasteiger partial charge in [-0.2, -0.15) is 0 Å². The van der Waals surface area contributed by atoms with Crippen LogP contribution in [-0.4, -0.2) is 10.9 Å². The van der Waals surface area contributed by atoms with E-state index in [0.717, 1.165) is 20.8 Å². The van der Waals surface area contributed by atoms with Gasteiger partial charge in [0, 0.05) is 6.54 Å². The van der Waals surface area contributed by atoms with Crippen LogP contribution in [0.3, 0.4) is 0 Å². The predicted octanol–water partition coefficient (Wildman–Crippen LogP) is 4.49. The lowest BCUT2D eigenvalue weighted by molar-refractivity contribution is 0.0924. The fraction of sp³-hybridized carbons (Fsp3) is 0.0526. The first-order chi connectivity index (χ1) is 11.8. The maximum atomic E-state index is 12.2. The Bertz CT molecular complexity index is 956. The summed E-state index contributed by atoms with van der Waals surface area (Å²) in [6.07, 6.45) is 0. The van der Waals surface area contributed by atoms with E-state index in [9.17, 15) is 4.79 Å². The van der Waals surface area contributed by atoms with Crippen LogP contribution in [0.4, 0.5) is 0 Å². The highest BCUT2D eigenvalue weighted by atomic mass is 32.1. The predicted molar refractivity (Wildman–Crippen MR) is 94.9 cm³/mol. The summed E-state index contributed by atoms with van der Waals surface area (Å²) < 4.78 is 6.78. The van der Waals surface area contributed by atoms with E-state index in [1.807, 2.05) is 54.6 Å². The van der Waals surface area contributed by atoms with E-state index in [4.69, 9.17) is 4.42 Å². The van der Waals surface area contributed by atoms with Gasteiger partial charge in [-0.1, -0.05) is 42.5 Å². The van der Waals surface area contributed by atoms with Crippen molar-refractivity contribution in [2.45, 2.75) is 6.54 Å². The molecule has 0 unspecified atom stereocenters. The molecule has 0 saturated carbocycles. The Hall–Kier alpha value is -2.92. The van der Waals surface area contributed by atoms with Crippen LogP contribution in [0.1, 0.15) is 16.1 Å². The molecule has 24 heavy (non-hydrogen) atoms. The molecule has 1 N–H and O–H groups in total. The van der Waals surface area contributed by atoms with Crippen LogP contribution in [0.5, 0.6) is 0 Å². The highest BCUT2D eigenvalue weighted by Gasteiger charge is 2.14. The van der Waals surface area contributed by atoms with E-state index in [1.165, 1.54) is 0 Å². The highest BCUT2D eigenvalue weighted by molar-refractivity contribution is 7.21. The van der Waals surface area contributed by atoms with Crippen molar-refractivity contribution in [3.8, 4) is 10.8 Å². The normalized spacial score (nSPS) is 10.8. The number of nitrogens with one attached hydrogen (secondary N) is 1.